The summed E-state index contributed by atoms with van der Waals surface area (Å²) in [6.45, 7) is 0.356. The zero-order valence-electron chi connectivity index (χ0n) is 9.45. The van der Waals surface area contributed by atoms with Gasteiger partial charge in [-0.3, -0.25) is 0 Å². The van der Waals surface area contributed by atoms with E-state index in [2.05, 4.69) is 23.7 Å². The summed E-state index contributed by atoms with van der Waals surface area (Å²) in [7, 11) is 0. The molecule has 0 heterocycles. The first-order valence-electron chi connectivity index (χ1n) is 5.72. The maximum Gasteiger partial charge on any atom is 0.0434 e. The molecule has 0 radical (unpaired) electrons. The molecule has 0 aromatic carbocycles. The van der Waals surface area contributed by atoms with E-state index in [1.54, 1.807) is 12.2 Å². The van der Waals surface area contributed by atoms with Crippen LogP contribution in [0, 0.1) is 35.5 Å². The van der Waals surface area contributed by atoms with Gasteiger partial charge in [-0.2, -0.15) is 0 Å². The molecule has 0 aromatic rings. The van der Waals surface area contributed by atoms with Crippen LogP contribution in [0.4, 0.5) is 0 Å². The highest BCUT2D eigenvalue weighted by Gasteiger charge is 2.19. The molecule has 0 saturated carbocycles. The van der Waals surface area contributed by atoms with E-state index in [1.807, 2.05) is 0 Å². The van der Waals surface area contributed by atoms with Crippen molar-refractivity contribution in [3.63, 3.8) is 0 Å². The lowest BCUT2D eigenvalue weighted by Crippen LogP contribution is -2.17. The summed E-state index contributed by atoms with van der Waals surface area (Å²) in [5.74, 6) is 12.7. The van der Waals surface area contributed by atoms with Crippen molar-refractivity contribution in [2.45, 2.75) is 25.7 Å². The van der Waals surface area contributed by atoms with Crippen LogP contribution in [0.3, 0.4) is 0 Å². The molecule has 2 nitrogen and oxygen atoms in total. The van der Waals surface area contributed by atoms with Crippen molar-refractivity contribution >= 4 is 0 Å². The summed E-state index contributed by atoms with van der Waals surface area (Å²) in [6.07, 6.45) is 6.55. The Morgan fingerprint density at radius 3 is 1.69 bits per heavy atom. The lowest BCUT2D eigenvalue weighted by Gasteiger charge is -2.22. The highest BCUT2D eigenvalue weighted by molar-refractivity contribution is 5.25. The Labute approximate surface area is 97.4 Å². The van der Waals surface area contributed by atoms with E-state index in [4.69, 9.17) is 10.2 Å². The van der Waals surface area contributed by atoms with Crippen LogP contribution in [0.1, 0.15) is 25.7 Å². The largest absolute Gasteiger partial charge is 0.396 e. The van der Waals surface area contributed by atoms with Crippen LogP contribution in [0.2, 0.25) is 0 Å². The third kappa shape index (κ3) is 4.53. The van der Waals surface area contributed by atoms with Gasteiger partial charge in [-0.05, 0) is 36.8 Å². The maximum absolute atomic E-state index is 9.03. The molecule has 16 heavy (non-hydrogen) atoms. The van der Waals surface area contributed by atoms with Crippen molar-refractivity contribution in [2.24, 2.45) is 11.8 Å². The lowest BCUT2D eigenvalue weighted by atomic mass is 9.83. The second-order valence-corrected chi connectivity index (χ2v) is 3.93. The van der Waals surface area contributed by atoms with E-state index in [0.29, 0.717) is 11.8 Å². The normalized spacial score (nSPS) is 23.9. The van der Waals surface area contributed by atoms with Crippen LogP contribution in [0.25, 0.3) is 0 Å². The SMILES string of the molecule is OCC[C@H]1CC#CC=CC#CC[C@H]1CCO. The average molecular weight is 218 g/mol. The van der Waals surface area contributed by atoms with E-state index < -0.39 is 0 Å². The van der Waals surface area contributed by atoms with Gasteiger partial charge in [0.05, 0.1) is 0 Å². The number of hydrogen-bond donors (Lipinski definition) is 2. The molecule has 0 aromatic heterocycles. The van der Waals surface area contributed by atoms with Crippen LogP contribution < -0.4 is 0 Å². The highest BCUT2D eigenvalue weighted by atomic mass is 16.3. The molecule has 2 heteroatoms. The van der Waals surface area contributed by atoms with E-state index in [0.717, 1.165) is 25.7 Å². The van der Waals surface area contributed by atoms with Crippen molar-refractivity contribution in [2.75, 3.05) is 13.2 Å². The third-order valence-corrected chi connectivity index (χ3v) is 2.85. The van der Waals surface area contributed by atoms with Crippen LogP contribution >= 0.6 is 0 Å². The monoisotopic (exact) mass is 218 g/mol. The molecule has 0 fully saturated rings. The van der Waals surface area contributed by atoms with Gasteiger partial charge >= 0.3 is 0 Å². The molecule has 0 aliphatic heterocycles. The molecule has 0 saturated heterocycles. The van der Waals surface area contributed by atoms with E-state index in [9.17, 15) is 0 Å². The summed E-state index contributed by atoms with van der Waals surface area (Å²) in [5, 5.41) is 18.1. The minimum absolute atomic E-state index is 0.178. The number of allylic oxidation sites excluding steroid dienone is 2. The Morgan fingerprint density at radius 2 is 1.31 bits per heavy atom. The van der Waals surface area contributed by atoms with Crippen LogP contribution in [-0.2, 0) is 0 Å². The Kier molecular flexibility index (Phi) is 6.42. The minimum Gasteiger partial charge on any atom is -0.396 e. The summed E-state index contributed by atoms with van der Waals surface area (Å²) >= 11 is 0. The maximum atomic E-state index is 9.03. The first kappa shape index (κ1) is 12.8. The Bertz CT molecular complexity index is 301. The Hall–Kier alpha value is -1.22. The fourth-order valence-corrected chi connectivity index (χ4v) is 1.92. The van der Waals surface area contributed by atoms with Gasteiger partial charge in [0.25, 0.3) is 0 Å². The molecule has 0 spiro atoms. The third-order valence-electron chi connectivity index (χ3n) is 2.85. The topological polar surface area (TPSA) is 40.5 Å². The molecular formula is C14H18O2. The Balaban J connectivity index is 2.73. The smallest absolute Gasteiger partial charge is 0.0434 e. The molecule has 1 rings (SSSR count). The van der Waals surface area contributed by atoms with Crippen molar-refractivity contribution in [1.29, 1.82) is 0 Å². The van der Waals surface area contributed by atoms with Crippen molar-refractivity contribution in [1.82, 2.24) is 0 Å². The molecule has 0 unspecified atom stereocenters. The quantitative estimate of drug-likeness (QED) is 0.699. The van der Waals surface area contributed by atoms with Gasteiger partial charge in [-0.25, -0.2) is 0 Å². The van der Waals surface area contributed by atoms with Crippen LogP contribution in [0.5, 0.6) is 0 Å². The van der Waals surface area contributed by atoms with Crippen LogP contribution in [-0.4, -0.2) is 23.4 Å². The molecule has 86 valence electrons. The molecule has 2 N–H and O–H groups in total. The second-order valence-electron chi connectivity index (χ2n) is 3.93. The first-order valence-corrected chi connectivity index (χ1v) is 5.72. The Morgan fingerprint density at radius 1 is 0.875 bits per heavy atom. The van der Waals surface area contributed by atoms with E-state index in [1.165, 1.54) is 0 Å². The molecule has 0 bridgehead atoms. The van der Waals surface area contributed by atoms with Crippen molar-refractivity contribution in [3.8, 4) is 23.7 Å². The summed E-state index contributed by atoms with van der Waals surface area (Å²) in [4.78, 5) is 0. The molecule has 2 atom stereocenters. The van der Waals surface area contributed by atoms with Gasteiger partial charge in [-0.15, -0.1) is 0 Å². The van der Waals surface area contributed by atoms with Gasteiger partial charge in [-0.1, -0.05) is 23.7 Å². The zero-order chi connectivity index (χ0) is 11.6. The predicted molar refractivity (Wildman–Crippen MR) is 64.3 cm³/mol. The van der Waals surface area contributed by atoms with Crippen molar-refractivity contribution in [3.05, 3.63) is 12.2 Å². The second kappa shape index (κ2) is 7.99. The average Bonchev–Trinajstić information content (AvgIpc) is 2.30. The number of aliphatic hydroxyl groups excluding tert-OH is 2. The molecule has 0 amide bonds. The van der Waals surface area contributed by atoms with Gasteiger partial charge < -0.3 is 10.2 Å². The minimum atomic E-state index is 0.178. The van der Waals surface area contributed by atoms with Crippen LogP contribution in [0.15, 0.2) is 12.2 Å². The molecule has 1 aliphatic rings. The fraction of sp³-hybridized carbons (Fsp3) is 0.571. The standard InChI is InChI=1S/C14H18O2/c15-11-9-13-7-5-3-1-2-4-6-8-14(13)10-12-16/h1-2,13-16H,7-12H2/t13-,14+. The van der Waals surface area contributed by atoms with E-state index >= 15 is 0 Å². The lowest BCUT2D eigenvalue weighted by molar-refractivity contribution is 0.186. The predicted octanol–water partition coefficient (Wildman–Crippen LogP) is 1.34. The zero-order valence-corrected chi connectivity index (χ0v) is 9.45. The summed E-state index contributed by atoms with van der Waals surface area (Å²) in [6, 6.07) is 0. The first-order chi connectivity index (χ1) is 7.88. The number of hydrogen-bond acceptors (Lipinski definition) is 2. The number of aliphatic hydroxyl groups is 2. The fourth-order valence-electron chi connectivity index (χ4n) is 1.92. The van der Waals surface area contributed by atoms with E-state index in [-0.39, 0.29) is 13.2 Å². The summed E-state index contributed by atoms with van der Waals surface area (Å²) in [5.41, 5.74) is 0. The van der Waals surface area contributed by atoms with Gasteiger partial charge in [0.1, 0.15) is 0 Å². The van der Waals surface area contributed by atoms with Gasteiger partial charge in [0, 0.05) is 26.1 Å². The van der Waals surface area contributed by atoms with Gasteiger partial charge in [0.2, 0.25) is 0 Å². The van der Waals surface area contributed by atoms with Gasteiger partial charge in [0.15, 0.2) is 0 Å². The van der Waals surface area contributed by atoms with Crippen molar-refractivity contribution < 1.29 is 10.2 Å². The summed E-state index contributed by atoms with van der Waals surface area (Å²) < 4.78 is 0. The molecule has 1 aliphatic carbocycles. The highest BCUT2D eigenvalue weighted by Crippen LogP contribution is 2.25. The molecular weight excluding hydrogens is 200 g/mol. The number of rotatable bonds is 4.